The maximum Gasteiger partial charge on any atom is 0.345 e. The van der Waals surface area contributed by atoms with E-state index in [4.69, 9.17) is 9.84 Å². The molecule has 0 saturated carbocycles. The molecule has 2 heterocycles. The third kappa shape index (κ3) is 1.59. The molecule has 1 aliphatic rings. The molecule has 0 saturated heterocycles. The van der Waals surface area contributed by atoms with Gasteiger partial charge in [-0.2, -0.15) is 0 Å². The topological polar surface area (TPSA) is 63.6 Å². The quantitative estimate of drug-likeness (QED) is 0.842. The minimum absolute atomic E-state index is 0.0521. The summed E-state index contributed by atoms with van der Waals surface area (Å²) in [5, 5.41) is 9.70. The number of hydrogen-bond acceptors (Lipinski definition) is 4. The van der Waals surface area contributed by atoms with Crippen LogP contribution in [0, 0.1) is 0 Å². The van der Waals surface area contributed by atoms with E-state index in [0.29, 0.717) is 24.3 Å². The van der Waals surface area contributed by atoms with E-state index in [1.807, 2.05) is 0 Å². The second-order valence-electron chi connectivity index (χ2n) is 3.82. The van der Waals surface area contributed by atoms with Gasteiger partial charge in [0.15, 0.2) is 5.78 Å². The Bertz CT molecular complexity index is 641. The molecule has 0 amide bonds. The van der Waals surface area contributed by atoms with Gasteiger partial charge in [-0.15, -0.1) is 11.3 Å². The average molecular weight is 248 g/mol. The molecule has 0 atom stereocenters. The van der Waals surface area contributed by atoms with E-state index >= 15 is 0 Å². The van der Waals surface area contributed by atoms with Crippen LogP contribution >= 0.6 is 11.3 Å². The van der Waals surface area contributed by atoms with Gasteiger partial charge in [-0.25, -0.2) is 4.79 Å². The van der Waals surface area contributed by atoms with Crippen molar-refractivity contribution in [3.8, 4) is 5.75 Å². The highest BCUT2D eigenvalue weighted by Gasteiger charge is 2.20. The monoisotopic (exact) mass is 248 g/mol. The van der Waals surface area contributed by atoms with E-state index < -0.39 is 5.97 Å². The number of carbonyl (C=O) groups excluding carboxylic acids is 1. The molecule has 0 bridgehead atoms. The zero-order valence-corrected chi connectivity index (χ0v) is 9.54. The summed E-state index contributed by atoms with van der Waals surface area (Å²) >= 11 is 1.19. The Morgan fingerprint density at radius 3 is 2.94 bits per heavy atom. The van der Waals surface area contributed by atoms with Crippen molar-refractivity contribution in [3.05, 3.63) is 28.6 Å². The van der Waals surface area contributed by atoms with Gasteiger partial charge in [0.25, 0.3) is 0 Å². The van der Waals surface area contributed by atoms with Gasteiger partial charge in [0.1, 0.15) is 10.6 Å². The van der Waals surface area contributed by atoms with E-state index in [1.54, 1.807) is 18.2 Å². The van der Waals surface area contributed by atoms with Crippen molar-refractivity contribution in [1.29, 1.82) is 0 Å². The van der Waals surface area contributed by atoms with Crippen LogP contribution in [0.25, 0.3) is 10.1 Å². The molecule has 2 aromatic rings. The highest BCUT2D eigenvalue weighted by Crippen LogP contribution is 2.34. The standard InChI is InChI=1S/C12H8O4S/c13-8-1-2-16-9-5-10-6(3-7(8)9)4-11(17-10)12(14)15/h3-5H,1-2H2,(H,14,15). The van der Waals surface area contributed by atoms with Crippen LogP contribution in [0.5, 0.6) is 5.75 Å². The normalized spacial score (nSPS) is 14.5. The molecule has 1 N–H and O–H groups in total. The highest BCUT2D eigenvalue weighted by molar-refractivity contribution is 7.20. The molecule has 3 rings (SSSR count). The summed E-state index contributed by atoms with van der Waals surface area (Å²) in [6.45, 7) is 0.397. The Hall–Kier alpha value is -1.88. The van der Waals surface area contributed by atoms with Gasteiger partial charge in [-0.1, -0.05) is 0 Å². The van der Waals surface area contributed by atoms with Gasteiger partial charge in [-0.3, -0.25) is 4.79 Å². The molecule has 0 unspecified atom stereocenters. The SMILES string of the molecule is O=C(O)c1cc2cc3c(cc2s1)OCCC3=O. The van der Waals surface area contributed by atoms with E-state index in [2.05, 4.69) is 0 Å². The summed E-state index contributed by atoms with van der Waals surface area (Å²) in [4.78, 5) is 22.8. The molecule has 0 radical (unpaired) electrons. The molecule has 5 heteroatoms. The van der Waals surface area contributed by atoms with Crippen molar-refractivity contribution >= 4 is 33.2 Å². The first-order valence-corrected chi connectivity index (χ1v) is 5.94. The minimum atomic E-state index is -0.948. The first kappa shape index (κ1) is 10.3. The van der Waals surface area contributed by atoms with Gasteiger partial charge in [-0.05, 0) is 23.6 Å². The van der Waals surface area contributed by atoms with E-state index in [9.17, 15) is 9.59 Å². The Kier molecular flexibility index (Phi) is 2.16. The summed E-state index contributed by atoms with van der Waals surface area (Å²) in [6.07, 6.45) is 0.383. The van der Waals surface area contributed by atoms with Crippen molar-refractivity contribution in [2.24, 2.45) is 0 Å². The highest BCUT2D eigenvalue weighted by atomic mass is 32.1. The summed E-state index contributed by atoms with van der Waals surface area (Å²) < 4.78 is 6.24. The lowest BCUT2D eigenvalue weighted by molar-refractivity contribution is 0.0702. The van der Waals surface area contributed by atoms with Crippen LogP contribution in [0.3, 0.4) is 0 Å². The lowest BCUT2D eigenvalue weighted by Crippen LogP contribution is -2.14. The van der Waals surface area contributed by atoms with Crippen molar-refractivity contribution < 1.29 is 19.4 Å². The zero-order chi connectivity index (χ0) is 12.0. The number of hydrogen-bond donors (Lipinski definition) is 1. The Labute approximate surface area is 100 Å². The number of ether oxygens (including phenoxy) is 1. The Morgan fingerprint density at radius 2 is 2.18 bits per heavy atom. The van der Waals surface area contributed by atoms with Crippen molar-refractivity contribution in [1.82, 2.24) is 0 Å². The predicted octanol–water partition coefficient (Wildman–Crippen LogP) is 2.56. The van der Waals surface area contributed by atoms with Gasteiger partial charge in [0.2, 0.25) is 0 Å². The molecule has 1 aliphatic heterocycles. The molecule has 1 aromatic carbocycles. The molecule has 0 fully saturated rings. The number of carboxylic acids is 1. The van der Waals surface area contributed by atoms with E-state index in [0.717, 1.165) is 10.1 Å². The fraction of sp³-hybridized carbons (Fsp3) is 0.167. The fourth-order valence-corrected chi connectivity index (χ4v) is 2.81. The van der Waals surface area contributed by atoms with Crippen LogP contribution in [0.1, 0.15) is 26.5 Å². The van der Waals surface area contributed by atoms with E-state index in [-0.39, 0.29) is 10.7 Å². The van der Waals surface area contributed by atoms with E-state index in [1.165, 1.54) is 11.3 Å². The summed E-state index contributed by atoms with van der Waals surface area (Å²) in [6, 6.07) is 5.05. The number of carbonyl (C=O) groups is 2. The zero-order valence-electron chi connectivity index (χ0n) is 8.73. The number of rotatable bonds is 1. The van der Waals surface area contributed by atoms with Gasteiger partial charge in [0, 0.05) is 11.1 Å². The van der Waals surface area contributed by atoms with Crippen LogP contribution in [0.15, 0.2) is 18.2 Å². The van der Waals surface area contributed by atoms with Crippen molar-refractivity contribution in [2.45, 2.75) is 6.42 Å². The number of benzene rings is 1. The summed E-state index contributed by atoms with van der Waals surface area (Å²) in [5.41, 5.74) is 0.554. The Morgan fingerprint density at radius 1 is 1.35 bits per heavy atom. The second-order valence-corrected chi connectivity index (χ2v) is 4.91. The number of thiophene rings is 1. The van der Waals surface area contributed by atoms with Crippen LogP contribution in [0.4, 0.5) is 0 Å². The lowest BCUT2D eigenvalue weighted by atomic mass is 10.0. The molecular weight excluding hydrogens is 240 g/mol. The maximum atomic E-state index is 11.7. The van der Waals surface area contributed by atoms with Gasteiger partial charge >= 0.3 is 5.97 Å². The minimum Gasteiger partial charge on any atom is -0.492 e. The number of aromatic carboxylic acids is 1. The molecule has 4 nitrogen and oxygen atoms in total. The average Bonchev–Trinajstić information content (AvgIpc) is 2.70. The van der Waals surface area contributed by atoms with Crippen molar-refractivity contribution in [3.63, 3.8) is 0 Å². The number of carboxylic acid groups (broad SMARTS) is 1. The largest absolute Gasteiger partial charge is 0.492 e. The smallest absolute Gasteiger partial charge is 0.345 e. The summed E-state index contributed by atoms with van der Waals surface area (Å²) in [5.74, 6) is -0.333. The molecule has 1 aromatic heterocycles. The lowest BCUT2D eigenvalue weighted by Gasteiger charge is -2.15. The molecule has 86 valence electrons. The first-order chi connectivity index (χ1) is 8.15. The van der Waals surface area contributed by atoms with Crippen LogP contribution in [-0.4, -0.2) is 23.5 Å². The molecule has 17 heavy (non-hydrogen) atoms. The number of ketones is 1. The molecule has 0 aliphatic carbocycles. The van der Waals surface area contributed by atoms with Crippen LogP contribution in [0.2, 0.25) is 0 Å². The van der Waals surface area contributed by atoms with Crippen LogP contribution < -0.4 is 4.74 Å². The third-order valence-corrected chi connectivity index (χ3v) is 3.80. The Balaban J connectivity index is 2.24. The predicted molar refractivity (Wildman–Crippen MR) is 63.2 cm³/mol. The van der Waals surface area contributed by atoms with Gasteiger partial charge < -0.3 is 9.84 Å². The fourth-order valence-electron chi connectivity index (χ4n) is 1.90. The number of fused-ring (bicyclic) bond motifs is 2. The summed E-state index contributed by atoms with van der Waals surface area (Å²) in [7, 11) is 0. The van der Waals surface area contributed by atoms with Crippen molar-refractivity contribution in [2.75, 3.05) is 6.61 Å². The van der Waals surface area contributed by atoms with Gasteiger partial charge in [0.05, 0.1) is 12.2 Å². The number of Topliss-reactive ketones (excluding diaryl/α,β-unsaturated/α-hetero) is 1. The second kappa shape index (κ2) is 3.56. The maximum absolute atomic E-state index is 11.7. The first-order valence-electron chi connectivity index (χ1n) is 5.12. The third-order valence-electron chi connectivity index (χ3n) is 2.72. The molecular formula is C12H8O4S. The molecule has 0 spiro atoms. The van der Waals surface area contributed by atoms with Crippen LogP contribution in [-0.2, 0) is 0 Å².